The number of nitrogens with zero attached hydrogens (tertiary/aromatic N) is 1. The maximum Gasteiger partial charge on any atom is 0.387 e. The molecule has 3 aromatic carbocycles. The third-order valence-corrected chi connectivity index (χ3v) is 4.77. The van der Waals surface area contributed by atoms with Gasteiger partial charge in [0.15, 0.2) is 0 Å². The number of rotatable bonds is 8. The molecule has 3 aromatic rings. The van der Waals surface area contributed by atoms with Crippen LogP contribution in [0.1, 0.15) is 26.3 Å². The lowest BCUT2D eigenvalue weighted by Gasteiger charge is -2.14. The molecule has 0 aliphatic rings. The summed E-state index contributed by atoms with van der Waals surface area (Å²) in [5.74, 6) is -1.32. The standard InChI is InChI=1S/C22H16ClF2N3O5/c23-17-11-14(28(31)32)9-10-15(17)21(30)27-18-7-3-2-6-16(18)20(29)26-12-13-5-1-4-8-19(13)33-22(24)25/h1-11,22H,12H2,(H,26,29)(H,27,30). The first kappa shape index (κ1) is 23.6. The largest absolute Gasteiger partial charge is 0.434 e. The molecule has 8 nitrogen and oxygen atoms in total. The van der Waals surface area contributed by atoms with E-state index in [4.69, 9.17) is 11.6 Å². The molecule has 11 heteroatoms. The second-order valence-electron chi connectivity index (χ2n) is 6.59. The molecule has 0 saturated carbocycles. The van der Waals surface area contributed by atoms with E-state index in [1.54, 1.807) is 18.2 Å². The number of non-ortho nitro benzene ring substituents is 1. The zero-order valence-corrected chi connectivity index (χ0v) is 17.5. The van der Waals surface area contributed by atoms with Gasteiger partial charge >= 0.3 is 6.61 Å². The summed E-state index contributed by atoms with van der Waals surface area (Å²) in [6.45, 7) is -3.11. The number of ether oxygens (including phenoxy) is 1. The van der Waals surface area contributed by atoms with Gasteiger partial charge in [-0.15, -0.1) is 0 Å². The van der Waals surface area contributed by atoms with Crippen LogP contribution in [0.25, 0.3) is 0 Å². The molecule has 3 rings (SSSR count). The number of carbonyl (C=O) groups is 2. The number of nitro groups is 1. The van der Waals surface area contributed by atoms with E-state index in [-0.39, 0.29) is 39.8 Å². The number of para-hydroxylation sites is 2. The van der Waals surface area contributed by atoms with E-state index in [1.165, 1.54) is 36.4 Å². The van der Waals surface area contributed by atoms with Gasteiger partial charge in [0, 0.05) is 24.2 Å². The van der Waals surface area contributed by atoms with Crippen molar-refractivity contribution in [2.75, 3.05) is 5.32 Å². The molecule has 0 spiro atoms. The zero-order chi connectivity index (χ0) is 24.0. The van der Waals surface area contributed by atoms with Crippen molar-refractivity contribution in [1.29, 1.82) is 0 Å². The fraction of sp³-hybridized carbons (Fsp3) is 0.0909. The lowest BCUT2D eigenvalue weighted by molar-refractivity contribution is -0.384. The molecular formula is C22H16ClF2N3O5. The number of nitro benzene ring substituents is 1. The van der Waals surface area contributed by atoms with Gasteiger partial charge in [0.05, 0.1) is 26.8 Å². The lowest BCUT2D eigenvalue weighted by atomic mass is 10.1. The van der Waals surface area contributed by atoms with Crippen LogP contribution in [0.3, 0.4) is 0 Å². The average Bonchev–Trinajstić information content (AvgIpc) is 2.78. The van der Waals surface area contributed by atoms with Crippen LogP contribution >= 0.6 is 11.6 Å². The Morgan fingerprint density at radius 2 is 1.70 bits per heavy atom. The summed E-state index contributed by atoms with van der Waals surface area (Å²) >= 11 is 6.00. The summed E-state index contributed by atoms with van der Waals surface area (Å²) in [7, 11) is 0. The Balaban J connectivity index is 1.75. The minimum Gasteiger partial charge on any atom is -0.434 e. The van der Waals surface area contributed by atoms with Gasteiger partial charge in [0.25, 0.3) is 17.5 Å². The molecule has 0 fully saturated rings. The lowest BCUT2D eigenvalue weighted by Crippen LogP contribution is -2.25. The van der Waals surface area contributed by atoms with E-state index in [1.807, 2.05) is 0 Å². The number of hydrogen-bond donors (Lipinski definition) is 2. The smallest absolute Gasteiger partial charge is 0.387 e. The molecule has 2 N–H and O–H groups in total. The number of alkyl halides is 2. The minimum atomic E-state index is -3.01. The van der Waals surface area contributed by atoms with E-state index in [0.717, 1.165) is 12.1 Å². The third kappa shape index (κ3) is 6.01. The Morgan fingerprint density at radius 1 is 1.00 bits per heavy atom. The van der Waals surface area contributed by atoms with Crippen LogP contribution in [0.5, 0.6) is 5.75 Å². The molecule has 33 heavy (non-hydrogen) atoms. The first-order chi connectivity index (χ1) is 15.8. The van der Waals surface area contributed by atoms with Crippen molar-refractivity contribution in [3.63, 3.8) is 0 Å². The summed E-state index contributed by atoms with van der Waals surface area (Å²) in [6, 6.07) is 15.5. The Hall–Kier alpha value is -4.05. The van der Waals surface area contributed by atoms with Gasteiger partial charge in [-0.2, -0.15) is 8.78 Å². The van der Waals surface area contributed by atoms with Crippen LogP contribution in [-0.2, 0) is 6.54 Å². The zero-order valence-electron chi connectivity index (χ0n) is 16.8. The van der Waals surface area contributed by atoms with Crippen LogP contribution in [0.2, 0.25) is 5.02 Å². The number of hydrogen-bond acceptors (Lipinski definition) is 5. The number of amides is 2. The van der Waals surface area contributed by atoms with Crippen LogP contribution in [0.15, 0.2) is 66.7 Å². The molecule has 0 bridgehead atoms. The average molecular weight is 476 g/mol. The maximum absolute atomic E-state index is 12.7. The van der Waals surface area contributed by atoms with E-state index in [2.05, 4.69) is 15.4 Å². The first-order valence-corrected chi connectivity index (χ1v) is 9.79. The second kappa shape index (κ2) is 10.5. The van der Waals surface area contributed by atoms with Crippen molar-refractivity contribution < 1.29 is 28.0 Å². The molecule has 0 aromatic heterocycles. The Bertz CT molecular complexity index is 1210. The number of nitrogens with one attached hydrogen (secondary N) is 2. The van der Waals surface area contributed by atoms with Crippen LogP contribution in [-0.4, -0.2) is 23.3 Å². The molecule has 0 aliphatic carbocycles. The molecule has 0 saturated heterocycles. The molecule has 2 amide bonds. The first-order valence-electron chi connectivity index (χ1n) is 9.41. The van der Waals surface area contributed by atoms with Gasteiger partial charge in [-0.3, -0.25) is 19.7 Å². The second-order valence-corrected chi connectivity index (χ2v) is 7.00. The summed E-state index contributed by atoms with van der Waals surface area (Å²) < 4.78 is 29.6. The molecular weight excluding hydrogens is 460 g/mol. The summed E-state index contributed by atoms with van der Waals surface area (Å²) in [5, 5.41) is 15.9. The van der Waals surface area contributed by atoms with Gasteiger partial charge in [0.1, 0.15) is 5.75 Å². The van der Waals surface area contributed by atoms with Gasteiger partial charge in [-0.1, -0.05) is 41.9 Å². The molecule has 0 aliphatic heterocycles. The molecule has 0 heterocycles. The fourth-order valence-electron chi connectivity index (χ4n) is 2.91. The van der Waals surface area contributed by atoms with E-state index in [9.17, 15) is 28.5 Å². The predicted molar refractivity (Wildman–Crippen MR) is 117 cm³/mol. The topological polar surface area (TPSA) is 111 Å². The van der Waals surface area contributed by atoms with Crippen LogP contribution < -0.4 is 15.4 Å². The van der Waals surface area contributed by atoms with Crippen molar-refractivity contribution in [2.45, 2.75) is 13.2 Å². The van der Waals surface area contributed by atoms with E-state index >= 15 is 0 Å². The summed E-state index contributed by atoms with van der Waals surface area (Å²) in [4.78, 5) is 35.6. The highest BCUT2D eigenvalue weighted by Gasteiger charge is 2.18. The molecule has 170 valence electrons. The highest BCUT2D eigenvalue weighted by atomic mass is 35.5. The number of benzene rings is 3. The Morgan fingerprint density at radius 3 is 2.39 bits per heavy atom. The van der Waals surface area contributed by atoms with Crippen LogP contribution in [0.4, 0.5) is 20.2 Å². The van der Waals surface area contributed by atoms with Crippen molar-refractivity contribution in [2.24, 2.45) is 0 Å². The third-order valence-electron chi connectivity index (χ3n) is 4.46. The monoisotopic (exact) mass is 475 g/mol. The fourth-order valence-corrected chi connectivity index (χ4v) is 3.17. The van der Waals surface area contributed by atoms with Gasteiger partial charge < -0.3 is 15.4 Å². The van der Waals surface area contributed by atoms with E-state index < -0.39 is 23.3 Å². The number of halogens is 3. The van der Waals surface area contributed by atoms with Crippen molar-refractivity contribution >= 4 is 34.8 Å². The van der Waals surface area contributed by atoms with Gasteiger partial charge in [-0.25, -0.2) is 0 Å². The van der Waals surface area contributed by atoms with Crippen LogP contribution in [0, 0.1) is 10.1 Å². The minimum absolute atomic E-state index is 0.0180. The van der Waals surface area contributed by atoms with E-state index in [0.29, 0.717) is 5.56 Å². The van der Waals surface area contributed by atoms with Crippen molar-refractivity contribution in [3.8, 4) is 5.75 Å². The predicted octanol–water partition coefficient (Wildman–Crippen LogP) is 5.03. The molecule has 0 radical (unpaired) electrons. The highest BCUT2D eigenvalue weighted by molar-refractivity contribution is 6.34. The number of carbonyl (C=O) groups excluding carboxylic acids is 2. The maximum atomic E-state index is 12.7. The quantitative estimate of drug-likeness (QED) is 0.350. The van der Waals surface area contributed by atoms with Crippen molar-refractivity contribution in [1.82, 2.24) is 5.32 Å². The highest BCUT2D eigenvalue weighted by Crippen LogP contribution is 2.25. The SMILES string of the molecule is O=C(Nc1ccccc1C(=O)NCc1ccccc1OC(F)F)c1ccc([N+](=O)[O-])cc1Cl. The summed E-state index contributed by atoms with van der Waals surface area (Å²) in [6.07, 6.45) is 0. The molecule has 0 atom stereocenters. The normalized spacial score (nSPS) is 10.5. The molecule has 0 unspecified atom stereocenters. The summed E-state index contributed by atoms with van der Waals surface area (Å²) in [5.41, 5.74) is 0.316. The van der Waals surface area contributed by atoms with Gasteiger partial charge in [-0.05, 0) is 24.3 Å². The number of anilines is 1. The van der Waals surface area contributed by atoms with Crippen molar-refractivity contribution in [3.05, 3.63) is 98.6 Å². The van der Waals surface area contributed by atoms with Gasteiger partial charge in [0.2, 0.25) is 0 Å². The Kier molecular flexibility index (Phi) is 7.52. The Labute approximate surface area is 191 Å².